The van der Waals surface area contributed by atoms with Gasteiger partial charge in [0.05, 0.1) is 11.4 Å². The Bertz CT molecular complexity index is 1200. The summed E-state index contributed by atoms with van der Waals surface area (Å²) in [7, 11) is 0. The summed E-state index contributed by atoms with van der Waals surface area (Å²) in [6.45, 7) is 7.96. The molecule has 0 unspecified atom stereocenters. The number of aryl methyl sites for hydroxylation is 2. The lowest BCUT2D eigenvalue weighted by Crippen LogP contribution is -2.47. The number of pyridine rings is 1. The molecule has 5 rings (SSSR count). The molecule has 2 aromatic heterocycles. The number of anilines is 2. The second kappa shape index (κ2) is 8.79. The lowest BCUT2D eigenvalue weighted by atomic mass is 10.0. The standard InChI is InChI=1S/C27H27N5/c1-20-8-9-23(18-21(20)2)26-19-25(22-10-12-28-13-11-22)29-27(30-26)32-16-14-31(15-17-32)24-6-4-3-5-7-24/h3-13,18-19H,14-17H2,1-2H3. The van der Waals surface area contributed by atoms with Gasteiger partial charge in [-0.2, -0.15) is 0 Å². The fourth-order valence-electron chi connectivity index (χ4n) is 4.10. The van der Waals surface area contributed by atoms with Crippen LogP contribution in [0.3, 0.4) is 0 Å². The molecular formula is C27H27N5. The van der Waals surface area contributed by atoms with Crippen LogP contribution in [0.4, 0.5) is 11.6 Å². The summed E-state index contributed by atoms with van der Waals surface area (Å²) in [4.78, 5) is 18.8. The van der Waals surface area contributed by atoms with Crippen molar-refractivity contribution in [1.29, 1.82) is 0 Å². The topological polar surface area (TPSA) is 45.2 Å². The maximum Gasteiger partial charge on any atom is 0.226 e. The van der Waals surface area contributed by atoms with Gasteiger partial charge in [-0.1, -0.05) is 30.3 Å². The molecule has 4 aromatic rings. The van der Waals surface area contributed by atoms with Gasteiger partial charge in [0.1, 0.15) is 0 Å². The first-order valence-corrected chi connectivity index (χ1v) is 11.1. The molecule has 5 nitrogen and oxygen atoms in total. The molecule has 1 saturated heterocycles. The van der Waals surface area contributed by atoms with Crippen molar-refractivity contribution in [2.75, 3.05) is 36.0 Å². The molecule has 1 fully saturated rings. The maximum absolute atomic E-state index is 5.00. The average molecular weight is 422 g/mol. The van der Waals surface area contributed by atoms with Gasteiger partial charge in [-0.25, -0.2) is 9.97 Å². The third-order valence-electron chi connectivity index (χ3n) is 6.18. The van der Waals surface area contributed by atoms with Gasteiger partial charge in [0, 0.05) is 55.4 Å². The zero-order valence-corrected chi connectivity index (χ0v) is 18.6. The monoisotopic (exact) mass is 421 g/mol. The van der Waals surface area contributed by atoms with Gasteiger partial charge in [0.15, 0.2) is 0 Å². The van der Waals surface area contributed by atoms with Crippen molar-refractivity contribution in [1.82, 2.24) is 15.0 Å². The van der Waals surface area contributed by atoms with E-state index < -0.39 is 0 Å². The highest BCUT2D eigenvalue weighted by molar-refractivity contribution is 5.70. The third-order valence-corrected chi connectivity index (χ3v) is 6.18. The quantitative estimate of drug-likeness (QED) is 0.456. The Morgan fingerprint density at radius 3 is 1.97 bits per heavy atom. The van der Waals surface area contributed by atoms with E-state index in [9.17, 15) is 0 Å². The minimum atomic E-state index is 0.792. The fourth-order valence-corrected chi connectivity index (χ4v) is 4.10. The molecule has 5 heteroatoms. The summed E-state index contributed by atoms with van der Waals surface area (Å²) in [6.07, 6.45) is 3.62. The number of aromatic nitrogens is 3. The van der Waals surface area contributed by atoms with E-state index in [4.69, 9.17) is 9.97 Å². The van der Waals surface area contributed by atoms with E-state index in [0.717, 1.165) is 54.6 Å². The predicted octanol–water partition coefficient (Wildman–Crippen LogP) is 5.15. The highest BCUT2D eigenvalue weighted by Gasteiger charge is 2.21. The van der Waals surface area contributed by atoms with Crippen LogP contribution in [0.1, 0.15) is 11.1 Å². The summed E-state index contributed by atoms with van der Waals surface area (Å²) in [5.41, 5.74) is 7.88. The normalized spacial score (nSPS) is 13.9. The average Bonchev–Trinajstić information content (AvgIpc) is 2.86. The van der Waals surface area contributed by atoms with E-state index in [1.807, 2.05) is 24.5 Å². The minimum absolute atomic E-state index is 0.792. The smallest absolute Gasteiger partial charge is 0.226 e. The lowest BCUT2D eigenvalue weighted by molar-refractivity contribution is 0.640. The van der Waals surface area contributed by atoms with Crippen molar-refractivity contribution in [3.05, 3.63) is 90.3 Å². The number of hydrogen-bond donors (Lipinski definition) is 0. The van der Waals surface area contributed by atoms with Crippen molar-refractivity contribution in [3.63, 3.8) is 0 Å². The predicted molar refractivity (Wildman–Crippen MR) is 131 cm³/mol. The largest absolute Gasteiger partial charge is 0.368 e. The molecule has 0 bridgehead atoms. The van der Waals surface area contributed by atoms with Crippen LogP contribution in [0, 0.1) is 13.8 Å². The van der Waals surface area contributed by atoms with Crippen molar-refractivity contribution in [3.8, 4) is 22.5 Å². The first-order valence-electron chi connectivity index (χ1n) is 11.1. The summed E-state index contributed by atoms with van der Waals surface area (Å²) in [5, 5.41) is 0. The summed E-state index contributed by atoms with van der Waals surface area (Å²) in [5.74, 6) is 0.792. The molecule has 0 saturated carbocycles. The Kier molecular flexibility index (Phi) is 5.55. The van der Waals surface area contributed by atoms with Crippen molar-refractivity contribution >= 4 is 11.6 Å². The highest BCUT2D eigenvalue weighted by atomic mass is 15.3. The molecule has 0 aliphatic carbocycles. The first kappa shape index (κ1) is 20.2. The Labute approximate surface area is 189 Å². The second-order valence-corrected chi connectivity index (χ2v) is 8.28. The van der Waals surface area contributed by atoms with Gasteiger partial charge in [0.2, 0.25) is 5.95 Å². The van der Waals surface area contributed by atoms with Gasteiger partial charge in [-0.3, -0.25) is 4.98 Å². The number of nitrogens with zero attached hydrogens (tertiary/aromatic N) is 5. The molecule has 0 N–H and O–H groups in total. The van der Waals surface area contributed by atoms with Crippen LogP contribution in [0.5, 0.6) is 0 Å². The van der Waals surface area contributed by atoms with Gasteiger partial charge in [-0.05, 0) is 61.4 Å². The van der Waals surface area contributed by atoms with Crippen molar-refractivity contribution in [2.24, 2.45) is 0 Å². The van der Waals surface area contributed by atoms with Crippen LogP contribution >= 0.6 is 0 Å². The van der Waals surface area contributed by atoms with E-state index in [1.165, 1.54) is 16.8 Å². The number of para-hydroxylation sites is 1. The second-order valence-electron chi connectivity index (χ2n) is 8.28. The zero-order valence-electron chi connectivity index (χ0n) is 18.6. The number of piperazine rings is 1. The number of benzene rings is 2. The van der Waals surface area contributed by atoms with E-state index in [2.05, 4.69) is 83.2 Å². The van der Waals surface area contributed by atoms with Gasteiger partial charge >= 0.3 is 0 Å². The lowest BCUT2D eigenvalue weighted by Gasteiger charge is -2.36. The van der Waals surface area contributed by atoms with E-state index in [-0.39, 0.29) is 0 Å². The molecule has 1 aliphatic rings. The molecule has 0 atom stereocenters. The highest BCUT2D eigenvalue weighted by Crippen LogP contribution is 2.28. The SMILES string of the molecule is Cc1ccc(-c2cc(-c3ccncc3)nc(N3CCN(c4ccccc4)CC3)n2)cc1C. The Hall–Kier alpha value is -3.73. The van der Waals surface area contributed by atoms with Crippen LogP contribution in [0.2, 0.25) is 0 Å². The van der Waals surface area contributed by atoms with Gasteiger partial charge in [-0.15, -0.1) is 0 Å². The molecular weight excluding hydrogens is 394 g/mol. The summed E-state index contributed by atoms with van der Waals surface area (Å²) in [6, 6.07) is 23.2. The van der Waals surface area contributed by atoms with E-state index >= 15 is 0 Å². The molecule has 0 spiro atoms. The molecule has 3 heterocycles. The van der Waals surface area contributed by atoms with Crippen LogP contribution in [-0.2, 0) is 0 Å². The molecule has 160 valence electrons. The van der Waals surface area contributed by atoms with Crippen LogP contribution < -0.4 is 9.80 Å². The van der Waals surface area contributed by atoms with Gasteiger partial charge in [0.25, 0.3) is 0 Å². The minimum Gasteiger partial charge on any atom is -0.368 e. The van der Waals surface area contributed by atoms with Crippen LogP contribution in [0.15, 0.2) is 79.1 Å². The Morgan fingerprint density at radius 2 is 1.28 bits per heavy atom. The van der Waals surface area contributed by atoms with E-state index in [0.29, 0.717) is 0 Å². The molecule has 1 aliphatic heterocycles. The first-order chi connectivity index (χ1) is 15.7. The molecule has 2 aromatic carbocycles. The number of rotatable bonds is 4. The van der Waals surface area contributed by atoms with Crippen molar-refractivity contribution < 1.29 is 0 Å². The van der Waals surface area contributed by atoms with Gasteiger partial charge < -0.3 is 9.80 Å². The zero-order chi connectivity index (χ0) is 21.9. The summed E-state index contributed by atoms with van der Waals surface area (Å²) >= 11 is 0. The van der Waals surface area contributed by atoms with Crippen molar-refractivity contribution in [2.45, 2.75) is 13.8 Å². The van der Waals surface area contributed by atoms with Crippen LogP contribution in [0.25, 0.3) is 22.5 Å². The molecule has 0 amide bonds. The third kappa shape index (κ3) is 4.19. The Morgan fingerprint density at radius 1 is 0.625 bits per heavy atom. The van der Waals surface area contributed by atoms with Crippen LogP contribution in [-0.4, -0.2) is 41.1 Å². The maximum atomic E-state index is 5.00. The molecule has 0 radical (unpaired) electrons. The van der Waals surface area contributed by atoms with E-state index in [1.54, 1.807) is 0 Å². The molecule has 32 heavy (non-hydrogen) atoms. The number of hydrogen-bond acceptors (Lipinski definition) is 5. The summed E-state index contributed by atoms with van der Waals surface area (Å²) < 4.78 is 0. The Balaban J connectivity index is 1.48. The fraction of sp³-hybridized carbons (Fsp3) is 0.222.